The minimum atomic E-state index is -5.08. The number of pyridine rings is 1. The molecule has 1 amide bonds. The van der Waals surface area contributed by atoms with Crippen molar-refractivity contribution in [2.75, 3.05) is 6.54 Å². The molecule has 7 N–H and O–H groups in total. The number of nitrogens with two attached hydrogens (primary N) is 2. The van der Waals surface area contributed by atoms with E-state index in [0.717, 1.165) is 16.7 Å². The fraction of sp³-hybridized carbons (Fsp3) is 0.300. The van der Waals surface area contributed by atoms with Gasteiger partial charge in [0.15, 0.2) is 5.96 Å². The van der Waals surface area contributed by atoms with Gasteiger partial charge in [-0.05, 0) is 53.1 Å². The number of aromatic nitrogens is 1. The molecule has 0 bridgehead atoms. The maximum absolute atomic E-state index is 13.2. The SMILES string of the molecule is CC(C)c1cccc(-c2ccccc2Cn2cccc(C(=O)N[C@@H](CCCN=C(N)N)C(=O)O)c2=O)c1.O=C(O)C(F)(F)F. The van der Waals surface area contributed by atoms with Crippen molar-refractivity contribution in [3.63, 3.8) is 0 Å². The number of aliphatic carboxylic acids is 2. The summed E-state index contributed by atoms with van der Waals surface area (Å²) in [6, 6.07) is 17.9. The van der Waals surface area contributed by atoms with E-state index in [4.69, 9.17) is 21.4 Å². The molecule has 0 spiro atoms. The fourth-order valence-corrected chi connectivity index (χ4v) is 4.02. The van der Waals surface area contributed by atoms with Gasteiger partial charge in [0.2, 0.25) is 0 Å². The lowest BCUT2D eigenvalue weighted by atomic mass is 9.94. The van der Waals surface area contributed by atoms with Crippen LogP contribution in [0, 0.1) is 0 Å². The van der Waals surface area contributed by atoms with Gasteiger partial charge in [-0.3, -0.25) is 14.6 Å². The number of nitrogens with zero attached hydrogens (tertiary/aromatic N) is 2. The van der Waals surface area contributed by atoms with Gasteiger partial charge in [0, 0.05) is 12.7 Å². The minimum absolute atomic E-state index is 0.0880. The predicted octanol–water partition coefficient (Wildman–Crippen LogP) is 3.56. The van der Waals surface area contributed by atoms with E-state index >= 15 is 0 Å². The Kier molecular flexibility index (Phi) is 12.7. The molecule has 0 aliphatic carbocycles. The van der Waals surface area contributed by atoms with E-state index in [2.05, 4.69) is 36.3 Å². The van der Waals surface area contributed by atoms with Crippen molar-refractivity contribution in [3.8, 4) is 11.1 Å². The molecule has 1 heterocycles. The molecule has 0 radical (unpaired) electrons. The zero-order valence-corrected chi connectivity index (χ0v) is 24.0. The van der Waals surface area contributed by atoms with E-state index in [1.165, 1.54) is 16.2 Å². The first-order valence-electron chi connectivity index (χ1n) is 13.4. The van der Waals surface area contributed by atoms with Crippen LogP contribution in [0.4, 0.5) is 13.2 Å². The second kappa shape index (κ2) is 15.9. The molecule has 3 aromatic rings. The summed E-state index contributed by atoms with van der Waals surface area (Å²) in [5.74, 6) is -4.41. The zero-order valence-electron chi connectivity index (χ0n) is 24.0. The Morgan fingerprint density at radius 2 is 1.66 bits per heavy atom. The van der Waals surface area contributed by atoms with Crippen molar-refractivity contribution in [1.29, 1.82) is 0 Å². The summed E-state index contributed by atoms with van der Waals surface area (Å²) in [5, 5.41) is 19.1. The molecular formula is C30H34F3N5O6. The average Bonchev–Trinajstić information content (AvgIpc) is 2.95. The molecule has 0 saturated heterocycles. The summed E-state index contributed by atoms with van der Waals surface area (Å²) in [5.41, 5.74) is 14.1. The quantitative estimate of drug-likeness (QED) is 0.123. The Bertz CT molecular complexity index is 1550. The van der Waals surface area contributed by atoms with E-state index in [1.807, 2.05) is 36.4 Å². The highest BCUT2D eigenvalue weighted by Crippen LogP contribution is 2.27. The van der Waals surface area contributed by atoms with Crippen LogP contribution in [-0.4, -0.2) is 57.3 Å². The molecule has 0 saturated carbocycles. The summed E-state index contributed by atoms with van der Waals surface area (Å²) in [7, 11) is 0. The van der Waals surface area contributed by atoms with Crippen LogP contribution in [0.3, 0.4) is 0 Å². The Hall–Kier alpha value is -5.14. The first-order valence-corrected chi connectivity index (χ1v) is 13.4. The molecule has 0 aliphatic heterocycles. The molecule has 1 atom stereocenters. The third-order valence-electron chi connectivity index (χ3n) is 6.28. The number of aliphatic imine (C=N–C) groups is 1. The van der Waals surface area contributed by atoms with Gasteiger partial charge in [-0.1, -0.05) is 62.4 Å². The molecular weight excluding hydrogens is 583 g/mol. The Morgan fingerprint density at radius 1 is 1.00 bits per heavy atom. The summed E-state index contributed by atoms with van der Waals surface area (Å²) in [4.78, 5) is 50.4. The second-order valence-corrected chi connectivity index (χ2v) is 9.91. The number of benzene rings is 2. The van der Waals surface area contributed by atoms with Crippen LogP contribution in [0.15, 0.2) is 76.6 Å². The minimum Gasteiger partial charge on any atom is -0.480 e. The van der Waals surface area contributed by atoms with Crippen molar-refractivity contribution >= 4 is 23.8 Å². The van der Waals surface area contributed by atoms with Crippen LogP contribution in [0.1, 0.15) is 54.1 Å². The number of carbonyl (C=O) groups excluding carboxylic acids is 1. The van der Waals surface area contributed by atoms with E-state index in [0.29, 0.717) is 12.3 Å². The molecule has 44 heavy (non-hydrogen) atoms. The molecule has 0 aliphatic rings. The number of alkyl halides is 3. The predicted molar refractivity (Wildman–Crippen MR) is 158 cm³/mol. The molecule has 1 aromatic heterocycles. The van der Waals surface area contributed by atoms with E-state index in [-0.39, 0.29) is 31.0 Å². The highest BCUT2D eigenvalue weighted by molar-refractivity contribution is 5.96. The molecule has 0 fully saturated rings. The first kappa shape index (κ1) is 35.1. The lowest BCUT2D eigenvalue weighted by Crippen LogP contribution is -2.43. The van der Waals surface area contributed by atoms with Gasteiger partial charge in [-0.2, -0.15) is 13.2 Å². The van der Waals surface area contributed by atoms with Gasteiger partial charge in [-0.25, -0.2) is 9.59 Å². The Morgan fingerprint density at radius 3 is 2.25 bits per heavy atom. The normalized spacial score (nSPS) is 11.6. The van der Waals surface area contributed by atoms with Crippen molar-refractivity contribution in [3.05, 3.63) is 93.9 Å². The van der Waals surface area contributed by atoms with Crippen LogP contribution in [-0.2, 0) is 16.1 Å². The topological polar surface area (TPSA) is 190 Å². The van der Waals surface area contributed by atoms with Crippen LogP contribution in [0.2, 0.25) is 0 Å². The zero-order chi connectivity index (χ0) is 33.0. The second-order valence-electron chi connectivity index (χ2n) is 9.91. The number of carbonyl (C=O) groups is 3. The van der Waals surface area contributed by atoms with E-state index in [9.17, 15) is 32.7 Å². The van der Waals surface area contributed by atoms with Gasteiger partial charge in [-0.15, -0.1) is 0 Å². The number of carboxylic acids is 2. The lowest BCUT2D eigenvalue weighted by molar-refractivity contribution is -0.192. The van der Waals surface area contributed by atoms with Crippen LogP contribution < -0.4 is 22.3 Å². The van der Waals surface area contributed by atoms with Crippen LogP contribution in [0.5, 0.6) is 0 Å². The number of halogens is 3. The molecule has 0 unspecified atom stereocenters. The molecule has 14 heteroatoms. The van der Waals surface area contributed by atoms with Crippen molar-refractivity contribution in [2.24, 2.45) is 16.5 Å². The summed E-state index contributed by atoms with van der Waals surface area (Å²) in [6.07, 6.45) is -3.00. The molecule has 3 rings (SSSR count). The maximum Gasteiger partial charge on any atom is 0.490 e. The van der Waals surface area contributed by atoms with Gasteiger partial charge in [0.05, 0.1) is 6.54 Å². The van der Waals surface area contributed by atoms with Gasteiger partial charge in [0.25, 0.3) is 11.5 Å². The summed E-state index contributed by atoms with van der Waals surface area (Å²) in [6.45, 7) is 4.77. The summed E-state index contributed by atoms with van der Waals surface area (Å²) < 4.78 is 33.2. The maximum atomic E-state index is 13.2. The standard InChI is InChI=1S/C28H33N5O4.C2HF3O2/c1-18(2)19-9-5-10-20(16-19)22-11-4-3-8-21(22)17-33-15-7-12-23(26(33)35)25(34)32-24(27(36)37)13-6-14-31-28(29)30;3-2(4,5)1(6)7/h3-5,7-12,15-16,18,24H,6,13-14,17H2,1-2H3,(H,32,34)(H,36,37)(H4,29,30,31);(H,6,7)/t24-;/m0./s1. The van der Waals surface area contributed by atoms with Gasteiger partial charge >= 0.3 is 18.1 Å². The fourth-order valence-electron chi connectivity index (χ4n) is 4.02. The molecule has 11 nitrogen and oxygen atoms in total. The largest absolute Gasteiger partial charge is 0.490 e. The van der Waals surface area contributed by atoms with E-state index < -0.39 is 35.6 Å². The average molecular weight is 618 g/mol. The number of amides is 1. The van der Waals surface area contributed by atoms with Gasteiger partial charge in [0.1, 0.15) is 11.6 Å². The summed E-state index contributed by atoms with van der Waals surface area (Å²) >= 11 is 0. The molecule has 2 aromatic carbocycles. The van der Waals surface area contributed by atoms with Gasteiger partial charge < -0.3 is 31.6 Å². The number of hydrogen-bond donors (Lipinski definition) is 5. The third kappa shape index (κ3) is 10.6. The lowest BCUT2D eigenvalue weighted by Gasteiger charge is -2.16. The first-order chi connectivity index (χ1) is 20.6. The highest BCUT2D eigenvalue weighted by Gasteiger charge is 2.38. The van der Waals surface area contributed by atoms with Crippen molar-refractivity contribution < 1.29 is 37.8 Å². The Labute approximate surface area is 251 Å². The smallest absolute Gasteiger partial charge is 0.480 e. The van der Waals surface area contributed by atoms with Crippen molar-refractivity contribution in [2.45, 2.75) is 51.4 Å². The highest BCUT2D eigenvalue weighted by atomic mass is 19.4. The van der Waals surface area contributed by atoms with Crippen LogP contribution in [0.25, 0.3) is 11.1 Å². The number of guanidine groups is 1. The van der Waals surface area contributed by atoms with Crippen molar-refractivity contribution in [1.82, 2.24) is 9.88 Å². The molecule has 236 valence electrons. The number of rotatable bonds is 11. The number of nitrogens with one attached hydrogen (secondary N) is 1. The van der Waals surface area contributed by atoms with E-state index in [1.54, 1.807) is 12.3 Å². The third-order valence-corrected chi connectivity index (χ3v) is 6.28. The van der Waals surface area contributed by atoms with Crippen LogP contribution >= 0.6 is 0 Å². The Balaban J connectivity index is 0.000000860. The number of hydrogen-bond acceptors (Lipinski definition) is 5. The number of carboxylic acid groups (broad SMARTS) is 2. The monoisotopic (exact) mass is 617 g/mol.